The molecule has 4 nitrogen and oxygen atoms in total. The van der Waals surface area contributed by atoms with E-state index < -0.39 is 0 Å². The van der Waals surface area contributed by atoms with Gasteiger partial charge in [0, 0.05) is 6.42 Å². The summed E-state index contributed by atoms with van der Waals surface area (Å²) in [6.07, 6.45) is 4.19. The Hall–Kier alpha value is -1.65. The number of carbonyl (C=O) groups is 1. The molecule has 1 aliphatic rings. The Morgan fingerprint density at radius 1 is 1.33 bits per heavy atom. The van der Waals surface area contributed by atoms with Gasteiger partial charge in [0.25, 0.3) is 5.91 Å². The summed E-state index contributed by atoms with van der Waals surface area (Å²) in [5.41, 5.74) is 1.12. The van der Waals surface area contributed by atoms with Gasteiger partial charge in [-0.25, -0.2) is 5.06 Å². The van der Waals surface area contributed by atoms with Gasteiger partial charge in [-0.1, -0.05) is 42.5 Å². The zero-order chi connectivity index (χ0) is 12.8. The summed E-state index contributed by atoms with van der Waals surface area (Å²) in [6, 6.07) is 9.80. The first-order valence-corrected chi connectivity index (χ1v) is 5.96. The highest BCUT2D eigenvalue weighted by atomic mass is 16.7. The van der Waals surface area contributed by atoms with E-state index in [1.165, 1.54) is 12.2 Å². The van der Waals surface area contributed by atoms with Gasteiger partial charge >= 0.3 is 0 Å². The predicted molar refractivity (Wildman–Crippen MR) is 67.5 cm³/mol. The summed E-state index contributed by atoms with van der Waals surface area (Å²) >= 11 is 0. The van der Waals surface area contributed by atoms with Crippen LogP contribution in [0.4, 0.5) is 0 Å². The molecular formula is C14H17NO3. The molecule has 0 bridgehead atoms. The van der Waals surface area contributed by atoms with Crippen molar-refractivity contribution < 1.29 is 14.4 Å². The van der Waals surface area contributed by atoms with E-state index in [0.717, 1.165) is 5.56 Å². The third-order valence-electron chi connectivity index (χ3n) is 2.79. The Morgan fingerprint density at radius 2 is 2.11 bits per heavy atom. The lowest BCUT2D eigenvalue weighted by molar-refractivity contribution is -0.189. The fraction of sp³-hybridized carbons (Fsp3) is 0.357. The van der Waals surface area contributed by atoms with E-state index in [1.807, 2.05) is 42.5 Å². The van der Waals surface area contributed by atoms with E-state index in [4.69, 9.17) is 9.57 Å². The molecule has 0 radical (unpaired) electrons. The summed E-state index contributed by atoms with van der Waals surface area (Å²) in [6.45, 7) is 0.974. The number of ether oxygens (including phenoxy) is 1. The highest BCUT2D eigenvalue weighted by Gasteiger charge is 2.24. The number of benzene rings is 1. The van der Waals surface area contributed by atoms with Crippen molar-refractivity contribution in [3.63, 3.8) is 0 Å². The zero-order valence-electron chi connectivity index (χ0n) is 10.4. The molecule has 18 heavy (non-hydrogen) atoms. The molecule has 1 atom stereocenters. The van der Waals surface area contributed by atoms with Crippen molar-refractivity contribution >= 4 is 5.91 Å². The molecule has 96 valence electrons. The largest absolute Gasteiger partial charge is 0.374 e. The highest BCUT2D eigenvalue weighted by Crippen LogP contribution is 2.12. The van der Waals surface area contributed by atoms with Crippen molar-refractivity contribution in [1.82, 2.24) is 5.06 Å². The lowest BCUT2D eigenvalue weighted by Gasteiger charge is -2.29. The molecule has 0 aromatic heterocycles. The van der Waals surface area contributed by atoms with Crippen molar-refractivity contribution in [2.24, 2.45) is 0 Å². The number of hydrogen-bond acceptors (Lipinski definition) is 3. The molecule has 0 fully saturated rings. The normalized spacial score (nSPS) is 19.3. The molecule has 1 aromatic rings. The van der Waals surface area contributed by atoms with Crippen LogP contribution >= 0.6 is 0 Å². The van der Waals surface area contributed by atoms with Crippen LogP contribution < -0.4 is 0 Å². The highest BCUT2D eigenvalue weighted by molar-refractivity contribution is 5.78. The summed E-state index contributed by atoms with van der Waals surface area (Å²) < 4.78 is 5.61. The van der Waals surface area contributed by atoms with Crippen LogP contribution in [0, 0.1) is 0 Å². The zero-order valence-corrected chi connectivity index (χ0v) is 10.4. The smallest absolute Gasteiger partial charge is 0.250 e. The molecule has 0 aliphatic carbocycles. The van der Waals surface area contributed by atoms with E-state index >= 15 is 0 Å². The molecule has 1 heterocycles. The van der Waals surface area contributed by atoms with Gasteiger partial charge in [-0.2, -0.15) is 0 Å². The van der Waals surface area contributed by atoms with Crippen molar-refractivity contribution in [3.8, 4) is 0 Å². The second kappa shape index (κ2) is 6.33. The van der Waals surface area contributed by atoms with Crippen LogP contribution in [0.3, 0.4) is 0 Å². The van der Waals surface area contributed by atoms with Crippen LogP contribution in [0.25, 0.3) is 0 Å². The van der Waals surface area contributed by atoms with Gasteiger partial charge < -0.3 is 4.74 Å². The third kappa shape index (κ3) is 3.18. The molecule has 0 N–H and O–H groups in total. The summed E-state index contributed by atoms with van der Waals surface area (Å²) in [7, 11) is 1.50. The van der Waals surface area contributed by atoms with Crippen LogP contribution in [0.1, 0.15) is 12.0 Å². The molecule has 2 rings (SSSR count). The summed E-state index contributed by atoms with van der Waals surface area (Å²) in [5.74, 6) is -0.0340. The van der Waals surface area contributed by atoms with E-state index in [0.29, 0.717) is 19.6 Å². The fourth-order valence-electron chi connectivity index (χ4n) is 1.91. The van der Waals surface area contributed by atoms with Gasteiger partial charge in [-0.3, -0.25) is 9.63 Å². The van der Waals surface area contributed by atoms with Crippen LogP contribution in [-0.2, 0) is 21.0 Å². The number of hydroxylamine groups is 2. The molecule has 0 saturated heterocycles. The molecule has 0 unspecified atom stereocenters. The predicted octanol–water partition coefficient (Wildman–Crippen LogP) is 1.92. The van der Waals surface area contributed by atoms with Gasteiger partial charge in [0.2, 0.25) is 0 Å². The monoisotopic (exact) mass is 247 g/mol. The number of hydrogen-bond donors (Lipinski definition) is 0. The van der Waals surface area contributed by atoms with Crippen molar-refractivity contribution in [2.45, 2.75) is 19.1 Å². The third-order valence-corrected chi connectivity index (χ3v) is 2.79. The average Bonchev–Trinajstić information content (AvgIpc) is 2.40. The minimum Gasteiger partial charge on any atom is -0.374 e. The van der Waals surface area contributed by atoms with E-state index in [-0.39, 0.29) is 11.9 Å². The summed E-state index contributed by atoms with van der Waals surface area (Å²) in [4.78, 5) is 16.6. The van der Waals surface area contributed by atoms with Gasteiger partial charge in [-0.05, 0) is 5.56 Å². The summed E-state index contributed by atoms with van der Waals surface area (Å²) in [5, 5.41) is 1.37. The maximum atomic E-state index is 11.6. The molecule has 0 spiro atoms. The molecule has 1 amide bonds. The Labute approximate surface area is 107 Å². The van der Waals surface area contributed by atoms with Crippen LogP contribution in [0.15, 0.2) is 42.5 Å². The number of amides is 1. The van der Waals surface area contributed by atoms with Crippen LogP contribution in [0.2, 0.25) is 0 Å². The maximum absolute atomic E-state index is 11.6. The standard InChI is InChI=1S/C14H17NO3/c1-17-15-13(8-5-9-14(15)16)11-18-10-12-6-3-2-4-7-12/h2-8,13H,9-11H2,1H3/t13-/m0/s1. The van der Waals surface area contributed by atoms with Crippen molar-refractivity contribution in [2.75, 3.05) is 13.7 Å². The minimum absolute atomic E-state index is 0.0340. The first-order valence-electron chi connectivity index (χ1n) is 5.96. The Morgan fingerprint density at radius 3 is 2.83 bits per heavy atom. The quantitative estimate of drug-likeness (QED) is 0.746. The first kappa shape index (κ1) is 12.8. The van der Waals surface area contributed by atoms with Gasteiger partial charge in [0.1, 0.15) is 6.04 Å². The lowest BCUT2D eigenvalue weighted by atomic mass is 10.1. The number of rotatable bonds is 5. The average molecular weight is 247 g/mol. The molecule has 0 saturated carbocycles. The van der Waals surface area contributed by atoms with Gasteiger partial charge in [-0.15, -0.1) is 0 Å². The fourth-order valence-corrected chi connectivity index (χ4v) is 1.91. The molecular weight excluding hydrogens is 230 g/mol. The van der Waals surface area contributed by atoms with Crippen molar-refractivity contribution in [3.05, 3.63) is 48.0 Å². The van der Waals surface area contributed by atoms with E-state index in [1.54, 1.807) is 0 Å². The van der Waals surface area contributed by atoms with Crippen molar-refractivity contribution in [1.29, 1.82) is 0 Å². The second-order valence-corrected chi connectivity index (χ2v) is 4.10. The first-order chi connectivity index (χ1) is 8.81. The Kier molecular flexibility index (Phi) is 4.50. The maximum Gasteiger partial charge on any atom is 0.250 e. The molecule has 1 aliphatic heterocycles. The van der Waals surface area contributed by atoms with Gasteiger partial charge in [0.05, 0.1) is 20.3 Å². The van der Waals surface area contributed by atoms with Crippen LogP contribution in [0.5, 0.6) is 0 Å². The Balaban J connectivity index is 1.84. The topological polar surface area (TPSA) is 38.8 Å². The molecule has 1 aromatic carbocycles. The lowest BCUT2D eigenvalue weighted by Crippen LogP contribution is -2.42. The second-order valence-electron chi connectivity index (χ2n) is 4.10. The number of nitrogens with zero attached hydrogens (tertiary/aromatic N) is 1. The van der Waals surface area contributed by atoms with Gasteiger partial charge in [0.15, 0.2) is 0 Å². The minimum atomic E-state index is -0.139. The Bertz CT molecular complexity index is 416. The number of carbonyl (C=O) groups excluding carboxylic acids is 1. The van der Waals surface area contributed by atoms with E-state index in [9.17, 15) is 4.79 Å². The van der Waals surface area contributed by atoms with E-state index in [2.05, 4.69) is 0 Å². The SMILES string of the molecule is CON1C(=O)CC=C[C@H]1COCc1ccccc1. The van der Waals surface area contributed by atoms with Crippen LogP contribution in [-0.4, -0.2) is 30.7 Å². The molecule has 4 heteroatoms.